The van der Waals surface area contributed by atoms with Crippen LogP contribution in [0, 0.1) is 5.92 Å². The quantitative estimate of drug-likeness (QED) is 0.862. The highest BCUT2D eigenvalue weighted by Crippen LogP contribution is 2.28. The number of carbonyl (C=O) groups excluding carboxylic acids is 1. The summed E-state index contributed by atoms with van der Waals surface area (Å²) in [7, 11) is 0. The zero-order valence-electron chi connectivity index (χ0n) is 12.1. The third-order valence-corrected chi connectivity index (χ3v) is 4.61. The number of fused-ring (bicyclic) bond motifs is 1. The molecular weight excluding hydrogens is 252 g/mol. The number of rotatable bonds is 6. The molecule has 5 heteroatoms. The molecule has 1 amide bonds. The molecule has 0 saturated heterocycles. The van der Waals surface area contributed by atoms with E-state index >= 15 is 0 Å². The maximum Gasteiger partial charge on any atom is 0.220 e. The van der Waals surface area contributed by atoms with Gasteiger partial charge in [-0.3, -0.25) is 4.79 Å². The van der Waals surface area contributed by atoms with E-state index in [1.807, 2.05) is 0 Å². The van der Waals surface area contributed by atoms with E-state index in [9.17, 15) is 4.79 Å². The number of amides is 1. The molecule has 5 nitrogen and oxygen atoms in total. The summed E-state index contributed by atoms with van der Waals surface area (Å²) in [6.45, 7) is 1.72. The van der Waals surface area contributed by atoms with Crippen LogP contribution in [0.1, 0.15) is 56.6 Å². The predicted molar refractivity (Wildman–Crippen MR) is 76.2 cm³/mol. The van der Waals surface area contributed by atoms with E-state index in [1.54, 1.807) is 0 Å². The van der Waals surface area contributed by atoms with Gasteiger partial charge in [-0.2, -0.15) is 0 Å². The summed E-state index contributed by atoms with van der Waals surface area (Å²) in [5.74, 6) is 3.11. The first-order valence-electron chi connectivity index (χ1n) is 8.00. The molecule has 1 aromatic heterocycles. The number of hydrogen-bond donors (Lipinski definition) is 1. The monoisotopic (exact) mass is 276 g/mol. The maximum absolute atomic E-state index is 11.8. The van der Waals surface area contributed by atoms with Crippen molar-refractivity contribution < 1.29 is 4.79 Å². The zero-order valence-corrected chi connectivity index (χ0v) is 12.1. The smallest absolute Gasteiger partial charge is 0.220 e. The van der Waals surface area contributed by atoms with Crippen LogP contribution in [0.3, 0.4) is 0 Å². The predicted octanol–water partition coefficient (Wildman–Crippen LogP) is 1.85. The molecule has 1 fully saturated rings. The van der Waals surface area contributed by atoms with Crippen molar-refractivity contribution in [2.24, 2.45) is 5.92 Å². The van der Waals surface area contributed by atoms with Crippen LogP contribution in [-0.2, 0) is 24.2 Å². The molecule has 0 aromatic carbocycles. The standard InChI is InChI=1S/C15H24N4O/c20-15(8-7-12-4-1-2-5-12)16-10-9-14-18-17-13-6-3-11-19(13)14/h12H,1-11H2,(H,16,20). The van der Waals surface area contributed by atoms with Crippen LogP contribution in [0.25, 0.3) is 0 Å². The lowest BCUT2D eigenvalue weighted by Gasteiger charge is -2.09. The Morgan fingerprint density at radius 1 is 1.25 bits per heavy atom. The summed E-state index contributed by atoms with van der Waals surface area (Å²) in [6, 6.07) is 0. The Morgan fingerprint density at radius 3 is 2.95 bits per heavy atom. The summed E-state index contributed by atoms with van der Waals surface area (Å²) < 4.78 is 2.20. The lowest BCUT2D eigenvalue weighted by atomic mass is 10.0. The lowest BCUT2D eigenvalue weighted by Crippen LogP contribution is -2.26. The van der Waals surface area contributed by atoms with Gasteiger partial charge < -0.3 is 9.88 Å². The van der Waals surface area contributed by atoms with Gasteiger partial charge in [0.15, 0.2) is 0 Å². The van der Waals surface area contributed by atoms with Crippen LogP contribution >= 0.6 is 0 Å². The molecule has 0 unspecified atom stereocenters. The number of carbonyl (C=O) groups is 1. The zero-order chi connectivity index (χ0) is 13.8. The number of aromatic nitrogens is 3. The van der Waals surface area contributed by atoms with Crippen LogP contribution in [0.4, 0.5) is 0 Å². The number of nitrogens with zero attached hydrogens (tertiary/aromatic N) is 3. The minimum absolute atomic E-state index is 0.193. The molecule has 1 N–H and O–H groups in total. The first kappa shape index (κ1) is 13.6. The second kappa shape index (κ2) is 6.37. The van der Waals surface area contributed by atoms with Crippen molar-refractivity contribution in [2.45, 2.75) is 64.3 Å². The highest BCUT2D eigenvalue weighted by atomic mass is 16.1. The molecule has 110 valence electrons. The van der Waals surface area contributed by atoms with Gasteiger partial charge >= 0.3 is 0 Å². The van der Waals surface area contributed by atoms with E-state index in [-0.39, 0.29) is 5.91 Å². The van der Waals surface area contributed by atoms with Crippen LogP contribution in [0.15, 0.2) is 0 Å². The van der Waals surface area contributed by atoms with Gasteiger partial charge in [0.2, 0.25) is 5.91 Å². The summed E-state index contributed by atoms with van der Waals surface area (Å²) in [4.78, 5) is 11.8. The molecule has 20 heavy (non-hydrogen) atoms. The molecular formula is C15H24N4O. The summed E-state index contributed by atoms with van der Waals surface area (Å²) in [5, 5.41) is 11.4. The topological polar surface area (TPSA) is 59.8 Å². The third kappa shape index (κ3) is 3.19. The number of hydrogen-bond acceptors (Lipinski definition) is 3. The van der Waals surface area contributed by atoms with Crippen molar-refractivity contribution >= 4 is 5.91 Å². The van der Waals surface area contributed by atoms with Gasteiger partial charge in [-0.15, -0.1) is 10.2 Å². The van der Waals surface area contributed by atoms with Gasteiger partial charge in [-0.25, -0.2) is 0 Å². The fourth-order valence-corrected chi connectivity index (χ4v) is 3.43. The Balaban J connectivity index is 1.35. The summed E-state index contributed by atoms with van der Waals surface area (Å²) in [5.41, 5.74) is 0. The lowest BCUT2D eigenvalue weighted by molar-refractivity contribution is -0.121. The number of nitrogens with one attached hydrogen (secondary N) is 1. The minimum Gasteiger partial charge on any atom is -0.356 e. The Labute approximate surface area is 120 Å². The fourth-order valence-electron chi connectivity index (χ4n) is 3.43. The molecule has 1 aromatic rings. The summed E-state index contributed by atoms with van der Waals surface area (Å²) in [6.07, 6.45) is 10.1. The van der Waals surface area contributed by atoms with E-state index in [4.69, 9.17) is 0 Å². The van der Waals surface area contributed by atoms with Crippen molar-refractivity contribution in [3.63, 3.8) is 0 Å². The second-order valence-corrected chi connectivity index (χ2v) is 6.08. The van der Waals surface area contributed by atoms with E-state index in [1.165, 1.54) is 32.1 Å². The Bertz CT molecular complexity index is 462. The van der Waals surface area contributed by atoms with Gasteiger partial charge in [0.25, 0.3) is 0 Å². The Hall–Kier alpha value is -1.39. The molecule has 2 heterocycles. The fraction of sp³-hybridized carbons (Fsp3) is 0.800. The molecule has 0 spiro atoms. The van der Waals surface area contributed by atoms with Crippen LogP contribution in [-0.4, -0.2) is 27.2 Å². The van der Waals surface area contributed by atoms with Crippen LogP contribution in [0.5, 0.6) is 0 Å². The van der Waals surface area contributed by atoms with E-state index in [0.717, 1.165) is 43.4 Å². The van der Waals surface area contributed by atoms with Gasteiger partial charge in [-0.05, 0) is 18.8 Å². The van der Waals surface area contributed by atoms with E-state index in [0.29, 0.717) is 13.0 Å². The van der Waals surface area contributed by atoms with Crippen molar-refractivity contribution in [1.82, 2.24) is 20.1 Å². The van der Waals surface area contributed by atoms with Crippen molar-refractivity contribution in [1.29, 1.82) is 0 Å². The average Bonchev–Trinajstić information content (AvgIpc) is 3.15. The second-order valence-electron chi connectivity index (χ2n) is 6.08. The van der Waals surface area contributed by atoms with Gasteiger partial charge in [-0.1, -0.05) is 25.7 Å². The van der Waals surface area contributed by atoms with Gasteiger partial charge in [0.1, 0.15) is 11.6 Å². The highest BCUT2D eigenvalue weighted by Gasteiger charge is 2.18. The van der Waals surface area contributed by atoms with Crippen molar-refractivity contribution in [3.05, 3.63) is 11.6 Å². The minimum atomic E-state index is 0.193. The normalized spacial score (nSPS) is 18.4. The molecule has 1 aliphatic carbocycles. The Morgan fingerprint density at radius 2 is 2.10 bits per heavy atom. The number of aryl methyl sites for hydroxylation is 1. The molecule has 0 bridgehead atoms. The first-order chi connectivity index (χ1) is 9.83. The van der Waals surface area contributed by atoms with Crippen molar-refractivity contribution in [3.8, 4) is 0 Å². The third-order valence-electron chi connectivity index (χ3n) is 4.61. The molecule has 2 aliphatic rings. The maximum atomic E-state index is 11.8. The largest absolute Gasteiger partial charge is 0.356 e. The van der Waals surface area contributed by atoms with Gasteiger partial charge in [0, 0.05) is 32.4 Å². The molecule has 1 aliphatic heterocycles. The van der Waals surface area contributed by atoms with E-state index < -0.39 is 0 Å². The molecule has 3 rings (SSSR count). The highest BCUT2D eigenvalue weighted by molar-refractivity contribution is 5.75. The Kier molecular flexibility index (Phi) is 4.33. The van der Waals surface area contributed by atoms with Crippen LogP contribution < -0.4 is 5.32 Å². The van der Waals surface area contributed by atoms with Gasteiger partial charge in [0.05, 0.1) is 0 Å². The molecule has 1 saturated carbocycles. The first-order valence-corrected chi connectivity index (χ1v) is 8.00. The molecule has 0 radical (unpaired) electrons. The molecule has 0 atom stereocenters. The average molecular weight is 276 g/mol. The van der Waals surface area contributed by atoms with E-state index in [2.05, 4.69) is 20.1 Å². The summed E-state index contributed by atoms with van der Waals surface area (Å²) >= 11 is 0. The SMILES string of the molecule is O=C(CCC1CCCC1)NCCc1nnc2n1CCC2. The van der Waals surface area contributed by atoms with Crippen LogP contribution in [0.2, 0.25) is 0 Å². The van der Waals surface area contributed by atoms with Crippen molar-refractivity contribution in [2.75, 3.05) is 6.54 Å².